The number of hydrogen-bond acceptors (Lipinski definition) is 6. The van der Waals surface area contributed by atoms with Gasteiger partial charge in [-0.15, -0.1) is 0 Å². The summed E-state index contributed by atoms with van der Waals surface area (Å²) < 4.78 is 12.7. The summed E-state index contributed by atoms with van der Waals surface area (Å²) in [6, 6.07) is 20.8. The minimum Gasteiger partial charge on any atom is -0.423 e. The first kappa shape index (κ1) is 22.4. The Balaban J connectivity index is 1.57. The second-order valence-electron chi connectivity index (χ2n) is 7.96. The average Bonchev–Trinajstić information content (AvgIpc) is 2.86. The molecule has 7 heteroatoms. The molecule has 0 radical (unpaired) electrons. The molecule has 0 aliphatic carbocycles. The molecule has 5 rings (SSSR count). The predicted octanol–water partition coefficient (Wildman–Crippen LogP) is 5.38. The van der Waals surface area contributed by atoms with E-state index in [9.17, 15) is 9.59 Å². The highest BCUT2D eigenvalue weighted by Gasteiger charge is 2.14. The Morgan fingerprint density at radius 2 is 1.79 bits per heavy atom. The largest absolute Gasteiger partial charge is 0.423 e. The van der Waals surface area contributed by atoms with Crippen LogP contribution < -0.4 is 11.2 Å². The lowest BCUT2D eigenvalue weighted by molar-refractivity contribution is 0.140. The van der Waals surface area contributed by atoms with E-state index in [0.717, 1.165) is 21.7 Å². The van der Waals surface area contributed by atoms with Crippen LogP contribution in [0.1, 0.15) is 18.9 Å². The molecular formula is C27H24N2O4S. The third-order valence-corrected chi connectivity index (χ3v) is 6.80. The molecule has 34 heavy (non-hydrogen) atoms. The van der Waals surface area contributed by atoms with Crippen LogP contribution in [-0.2, 0) is 17.0 Å². The lowest BCUT2D eigenvalue weighted by Gasteiger charge is -2.14. The van der Waals surface area contributed by atoms with Crippen LogP contribution in [0.2, 0.25) is 0 Å². The molecule has 0 fully saturated rings. The Labute approximate surface area is 200 Å². The second-order valence-corrected chi connectivity index (χ2v) is 8.90. The van der Waals surface area contributed by atoms with Gasteiger partial charge in [0.15, 0.2) is 5.16 Å². The predicted molar refractivity (Wildman–Crippen MR) is 137 cm³/mol. The van der Waals surface area contributed by atoms with Crippen LogP contribution in [0, 0.1) is 0 Å². The van der Waals surface area contributed by atoms with Crippen molar-refractivity contribution in [1.29, 1.82) is 0 Å². The molecule has 2 aromatic heterocycles. The van der Waals surface area contributed by atoms with Gasteiger partial charge in [0.25, 0.3) is 5.56 Å². The maximum Gasteiger partial charge on any atom is 0.336 e. The van der Waals surface area contributed by atoms with Crippen molar-refractivity contribution in [3.8, 4) is 0 Å². The van der Waals surface area contributed by atoms with E-state index in [-0.39, 0.29) is 11.2 Å². The summed E-state index contributed by atoms with van der Waals surface area (Å²) in [7, 11) is 0. The Kier molecular flexibility index (Phi) is 6.47. The van der Waals surface area contributed by atoms with Crippen molar-refractivity contribution in [1.82, 2.24) is 9.55 Å². The van der Waals surface area contributed by atoms with Crippen molar-refractivity contribution in [3.63, 3.8) is 0 Å². The first-order valence-corrected chi connectivity index (χ1v) is 12.3. The minimum atomic E-state index is -0.390. The van der Waals surface area contributed by atoms with E-state index < -0.39 is 0 Å². The van der Waals surface area contributed by atoms with Gasteiger partial charge in [-0.2, -0.15) is 0 Å². The summed E-state index contributed by atoms with van der Waals surface area (Å²) in [6.45, 7) is 3.69. The molecule has 0 N–H and O–H groups in total. The molecular weight excluding hydrogens is 448 g/mol. The molecule has 3 aromatic carbocycles. The van der Waals surface area contributed by atoms with E-state index in [2.05, 4.69) is 0 Å². The van der Waals surface area contributed by atoms with Crippen LogP contribution >= 0.6 is 11.8 Å². The van der Waals surface area contributed by atoms with E-state index in [0.29, 0.717) is 53.6 Å². The number of ether oxygens (including phenoxy) is 1. The zero-order valence-corrected chi connectivity index (χ0v) is 19.6. The summed E-state index contributed by atoms with van der Waals surface area (Å²) in [5.41, 5.74) is 1.63. The first-order valence-electron chi connectivity index (χ1n) is 11.3. The number of hydrogen-bond donors (Lipinski definition) is 0. The molecule has 0 saturated carbocycles. The number of thioether (sulfide) groups is 1. The number of rotatable bonds is 8. The smallest absolute Gasteiger partial charge is 0.336 e. The van der Waals surface area contributed by atoms with Gasteiger partial charge < -0.3 is 9.15 Å². The minimum absolute atomic E-state index is 0.0625. The number of nitrogens with zero attached hydrogens (tertiary/aromatic N) is 2. The molecule has 172 valence electrons. The van der Waals surface area contributed by atoms with Crippen molar-refractivity contribution in [2.75, 3.05) is 13.2 Å². The molecule has 0 aliphatic rings. The van der Waals surface area contributed by atoms with Gasteiger partial charge in [0.1, 0.15) is 5.58 Å². The summed E-state index contributed by atoms with van der Waals surface area (Å²) in [6.07, 6.45) is 0.712. The van der Waals surface area contributed by atoms with Crippen molar-refractivity contribution in [2.45, 2.75) is 30.8 Å². The zero-order chi connectivity index (χ0) is 23.5. The van der Waals surface area contributed by atoms with Gasteiger partial charge in [-0.05, 0) is 47.9 Å². The van der Waals surface area contributed by atoms with Gasteiger partial charge in [-0.25, -0.2) is 9.78 Å². The van der Waals surface area contributed by atoms with Crippen LogP contribution in [0.15, 0.2) is 85.9 Å². The highest BCUT2D eigenvalue weighted by Crippen LogP contribution is 2.31. The highest BCUT2D eigenvalue weighted by atomic mass is 32.2. The normalized spacial score (nSPS) is 11.6. The van der Waals surface area contributed by atoms with Crippen LogP contribution in [0.4, 0.5) is 0 Å². The standard InChI is InChI=1S/C27H24N2O4S/c1-2-32-15-7-14-29-26(31)21-10-5-6-11-22(21)28-27(29)34-17-19-16-24(30)33-23-13-12-18-8-3-4-9-20(18)25(19)23/h3-6,8-13,16H,2,7,14-15,17H2,1H3. The zero-order valence-electron chi connectivity index (χ0n) is 18.8. The quantitative estimate of drug-likeness (QED) is 0.0993. The highest BCUT2D eigenvalue weighted by molar-refractivity contribution is 7.98. The van der Waals surface area contributed by atoms with Crippen molar-refractivity contribution in [3.05, 3.63) is 93.1 Å². The molecule has 0 bridgehead atoms. The van der Waals surface area contributed by atoms with E-state index in [1.807, 2.05) is 61.5 Å². The van der Waals surface area contributed by atoms with Gasteiger partial charge in [0.05, 0.1) is 10.9 Å². The fourth-order valence-electron chi connectivity index (χ4n) is 4.20. The third-order valence-electron chi connectivity index (χ3n) is 5.77. The van der Waals surface area contributed by atoms with Gasteiger partial charge in [0, 0.05) is 37.0 Å². The fourth-order valence-corrected chi connectivity index (χ4v) is 5.21. The number of fused-ring (bicyclic) bond motifs is 4. The Hall–Kier alpha value is -3.42. The van der Waals surface area contributed by atoms with Crippen LogP contribution in [0.3, 0.4) is 0 Å². The first-order chi connectivity index (χ1) is 16.7. The molecule has 2 heterocycles. The van der Waals surface area contributed by atoms with Crippen molar-refractivity contribution >= 4 is 44.4 Å². The summed E-state index contributed by atoms with van der Waals surface area (Å²) >= 11 is 1.46. The van der Waals surface area contributed by atoms with E-state index in [4.69, 9.17) is 14.1 Å². The molecule has 5 aromatic rings. The summed E-state index contributed by atoms with van der Waals surface area (Å²) in [5, 5.41) is 4.24. The molecule has 0 unspecified atom stereocenters. The van der Waals surface area contributed by atoms with E-state index in [1.165, 1.54) is 11.8 Å². The van der Waals surface area contributed by atoms with Gasteiger partial charge >= 0.3 is 5.63 Å². The lowest BCUT2D eigenvalue weighted by atomic mass is 10.0. The number of benzene rings is 3. The topological polar surface area (TPSA) is 74.3 Å². The lowest BCUT2D eigenvalue weighted by Crippen LogP contribution is -2.24. The average molecular weight is 473 g/mol. The Morgan fingerprint density at radius 3 is 2.65 bits per heavy atom. The van der Waals surface area contributed by atoms with E-state index >= 15 is 0 Å². The Morgan fingerprint density at radius 1 is 1.00 bits per heavy atom. The van der Waals surface area contributed by atoms with Gasteiger partial charge in [-0.3, -0.25) is 9.36 Å². The van der Waals surface area contributed by atoms with Gasteiger partial charge in [0.2, 0.25) is 0 Å². The van der Waals surface area contributed by atoms with Crippen LogP contribution in [0.25, 0.3) is 32.6 Å². The molecule has 0 amide bonds. The fraction of sp³-hybridized carbons (Fsp3) is 0.222. The van der Waals surface area contributed by atoms with Crippen LogP contribution in [0.5, 0.6) is 0 Å². The SMILES string of the molecule is CCOCCCn1c(SCc2cc(=O)oc3ccc4ccccc4c23)nc2ccccc2c1=O. The molecule has 0 saturated heterocycles. The van der Waals surface area contributed by atoms with E-state index in [1.54, 1.807) is 16.7 Å². The summed E-state index contributed by atoms with van der Waals surface area (Å²) in [4.78, 5) is 30.4. The molecule has 0 spiro atoms. The maximum absolute atomic E-state index is 13.3. The molecule has 6 nitrogen and oxygen atoms in total. The van der Waals surface area contributed by atoms with Crippen LogP contribution in [-0.4, -0.2) is 22.8 Å². The second kappa shape index (κ2) is 9.83. The van der Waals surface area contributed by atoms with Crippen molar-refractivity contribution < 1.29 is 9.15 Å². The number of aromatic nitrogens is 2. The molecule has 0 atom stereocenters. The monoisotopic (exact) mass is 472 g/mol. The maximum atomic E-state index is 13.3. The van der Waals surface area contributed by atoms with Gasteiger partial charge in [-0.1, -0.05) is 54.2 Å². The molecule has 0 aliphatic heterocycles. The summed E-state index contributed by atoms with van der Waals surface area (Å²) in [5.74, 6) is 0.479. The third kappa shape index (κ3) is 4.36. The Bertz CT molecular complexity index is 1610. The number of para-hydroxylation sites is 1. The van der Waals surface area contributed by atoms with Crippen molar-refractivity contribution in [2.24, 2.45) is 0 Å².